The molecule has 7 heteroatoms. The maximum atomic E-state index is 12.5. The Morgan fingerprint density at radius 2 is 1.93 bits per heavy atom. The molecule has 1 N–H and O–H groups in total. The predicted octanol–water partition coefficient (Wildman–Crippen LogP) is 2.62. The van der Waals surface area contributed by atoms with Crippen LogP contribution in [0.3, 0.4) is 0 Å². The molecule has 0 aliphatic carbocycles. The molecule has 27 heavy (non-hydrogen) atoms. The van der Waals surface area contributed by atoms with Gasteiger partial charge in [0.05, 0.1) is 6.04 Å². The summed E-state index contributed by atoms with van der Waals surface area (Å²) in [6.45, 7) is 2.73. The van der Waals surface area contributed by atoms with Gasteiger partial charge in [0.1, 0.15) is 0 Å². The number of benzene rings is 1. The van der Waals surface area contributed by atoms with E-state index in [-0.39, 0.29) is 18.0 Å². The van der Waals surface area contributed by atoms with Crippen LogP contribution in [0.15, 0.2) is 53.3 Å². The average Bonchev–Trinajstić information content (AvgIpc) is 3.29. The second-order valence-corrected chi connectivity index (χ2v) is 6.92. The van der Waals surface area contributed by atoms with Gasteiger partial charge in [0.15, 0.2) is 0 Å². The van der Waals surface area contributed by atoms with Crippen molar-refractivity contribution in [3.8, 4) is 11.4 Å². The first-order chi connectivity index (χ1) is 13.1. The molecule has 0 radical (unpaired) electrons. The number of nitrogens with one attached hydrogen (secondary N) is 1. The normalized spacial score (nSPS) is 19.9. The van der Waals surface area contributed by atoms with Crippen molar-refractivity contribution in [2.45, 2.75) is 25.4 Å². The van der Waals surface area contributed by atoms with Crippen LogP contribution in [0.4, 0.5) is 0 Å². The number of hydrogen-bond donors (Lipinski definition) is 1. The van der Waals surface area contributed by atoms with E-state index in [1.54, 1.807) is 12.4 Å². The highest BCUT2D eigenvalue weighted by atomic mass is 16.5. The van der Waals surface area contributed by atoms with E-state index in [1.807, 2.05) is 50.4 Å². The molecule has 4 rings (SSSR count). The summed E-state index contributed by atoms with van der Waals surface area (Å²) >= 11 is 0. The molecule has 1 aliphatic rings. The molecule has 3 heterocycles. The minimum atomic E-state index is -0.0583. The van der Waals surface area contributed by atoms with Gasteiger partial charge in [0.2, 0.25) is 11.7 Å². The molecule has 0 bridgehead atoms. The molecular formula is C20H21N5O2. The van der Waals surface area contributed by atoms with Crippen molar-refractivity contribution in [1.82, 2.24) is 25.3 Å². The summed E-state index contributed by atoms with van der Waals surface area (Å²) in [5.41, 5.74) is 2.67. The number of aryl methyl sites for hydroxylation is 1. The number of hydrogen-bond acceptors (Lipinski definition) is 6. The third-order valence-corrected chi connectivity index (χ3v) is 4.86. The zero-order chi connectivity index (χ0) is 18.8. The van der Waals surface area contributed by atoms with Crippen LogP contribution in [0.5, 0.6) is 0 Å². The van der Waals surface area contributed by atoms with Crippen LogP contribution in [0.2, 0.25) is 0 Å². The van der Waals surface area contributed by atoms with E-state index < -0.39 is 0 Å². The van der Waals surface area contributed by atoms with Gasteiger partial charge in [-0.2, -0.15) is 4.98 Å². The van der Waals surface area contributed by atoms with Crippen LogP contribution in [0.1, 0.15) is 34.3 Å². The molecular weight excluding hydrogens is 342 g/mol. The minimum Gasteiger partial charge on any atom is -0.348 e. The Kier molecular flexibility index (Phi) is 4.68. The third-order valence-electron chi connectivity index (χ3n) is 4.86. The van der Waals surface area contributed by atoms with E-state index in [0.717, 1.165) is 24.1 Å². The van der Waals surface area contributed by atoms with Crippen molar-refractivity contribution in [2.24, 2.45) is 0 Å². The molecule has 1 aromatic carbocycles. The monoisotopic (exact) mass is 363 g/mol. The summed E-state index contributed by atoms with van der Waals surface area (Å²) in [4.78, 5) is 23.1. The quantitative estimate of drug-likeness (QED) is 0.767. The summed E-state index contributed by atoms with van der Waals surface area (Å²) in [7, 11) is 2.00. The maximum Gasteiger partial charge on any atom is 0.251 e. The van der Waals surface area contributed by atoms with Crippen LogP contribution in [-0.2, 0) is 0 Å². The van der Waals surface area contributed by atoms with Gasteiger partial charge in [0.25, 0.3) is 5.91 Å². The lowest BCUT2D eigenvalue weighted by molar-refractivity contribution is 0.0938. The highest BCUT2D eigenvalue weighted by Gasteiger charge is 2.35. The number of pyridine rings is 1. The SMILES string of the molecule is Cc1ccc(C(=O)NC2CC(c3nc(-c4ccncc4)no3)N(C)C2)cc1. The summed E-state index contributed by atoms with van der Waals surface area (Å²) in [5, 5.41) is 7.18. The molecule has 0 saturated carbocycles. The molecule has 2 aromatic heterocycles. The highest BCUT2D eigenvalue weighted by molar-refractivity contribution is 5.94. The lowest BCUT2D eigenvalue weighted by Crippen LogP contribution is -2.36. The first-order valence-electron chi connectivity index (χ1n) is 8.92. The minimum absolute atomic E-state index is 0.0172. The number of amides is 1. The zero-order valence-corrected chi connectivity index (χ0v) is 15.3. The van der Waals surface area contributed by atoms with Crippen molar-refractivity contribution in [1.29, 1.82) is 0 Å². The first kappa shape index (κ1) is 17.4. The third kappa shape index (κ3) is 3.73. The molecule has 2 unspecified atom stereocenters. The van der Waals surface area contributed by atoms with E-state index in [1.165, 1.54) is 0 Å². The van der Waals surface area contributed by atoms with Gasteiger partial charge >= 0.3 is 0 Å². The average molecular weight is 363 g/mol. The van der Waals surface area contributed by atoms with Gasteiger partial charge in [-0.05, 0) is 44.7 Å². The molecule has 0 spiro atoms. The molecule has 138 valence electrons. The zero-order valence-electron chi connectivity index (χ0n) is 15.3. The lowest BCUT2D eigenvalue weighted by Gasteiger charge is -2.14. The maximum absolute atomic E-state index is 12.5. The van der Waals surface area contributed by atoms with Crippen LogP contribution in [-0.4, -0.2) is 45.6 Å². The Hall–Kier alpha value is -3.06. The Balaban J connectivity index is 1.43. The number of nitrogens with zero attached hydrogens (tertiary/aromatic N) is 4. The van der Waals surface area contributed by atoms with Crippen molar-refractivity contribution in [2.75, 3.05) is 13.6 Å². The van der Waals surface area contributed by atoms with Gasteiger partial charge in [-0.1, -0.05) is 22.9 Å². The van der Waals surface area contributed by atoms with Crippen LogP contribution in [0, 0.1) is 6.92 Å². The van der Waals surface area contributed by atoms with Crippen molar-refractivity contribution < 1.29 is 9.32 Å². The van der Waals surface area contributed by atoms with Gasteiger partial charge in [-0.25, -0.2) is 0 Å². The number of rotatable bonds is 4. The number of carbonyl (C=O) groups excluding carboxylic acids is 1. The fourth-order valence-corrected chi connectivity index (χ4v) is 3.36. The van der Waals surface area contributed by atoms with Crippen molar-refractivity contribution in [3.05, 3.63) is 65.8 Å². The largest absolute Gasteiger partial charge is 0.348 e. The van der Waals surface area contributed by atoms with E-state index in [9.17, 15) is 4.79 Å². The fourth-order valence-electron chi connectivity index (χ4n) is 3.36. The van der Waals surface area contributed by atoms with E-state index in [0.29, 0.717) is 17.3 Å². The lowest BCUT2D eigenvalue weighted by atomic mass is 10.1. The van der Waals surface area contributed by atoms with Crippen LogP contribution in [0.25, 0.3) is 11.4 Å². The molecule has 3 aromatic rings. The van der Waals surface area contributed by atoms with E-state index >= 15 is 0 Å². The summed E-state index contributed by atoms with van der Waals surface area (Å²) < 4.78 is 5.49. The Morgan fingerprint density at radius 1 is 1.19 bits per heavy atom. The highest BCUT2D eigenvalue weighted by Crippen LogP contribution is 2.31. The molecule has 1 saturated heterocycles. The number of likely N-dealkylation sites (tertiary alicyclic amines) is 1. The molecule has 7 nitrogen and oxygen atoms in total. The smallest absolute Gasteiger partial charge is 0.251 e. The van der Waals surface area contributed by atoms with Crippen molar-refractivity contribution in [3.63, 3.8) is 0 Å². The number of aromatic nitrogens is 3. The van der Waals surface area contributed by atoms with Gasteiger partial charge in [-0.3, -0.25) is 14.7 Å². The Morgan fingerprint density at radius 3 is 2.67 bits per heavy atom. The van der Waals surface area contributed by atoms with Crippen molar-refractivity contribution >= 4 is 5.91 Å². The second-order valence-electron chi connectivity index (χ2n) is 6.92. The molecule has 1 fully saturated rings. The van der Waals surface area contributed by atoms with E-state index in [2.05, 4.69) is 25.3 Å². The van der Waals surface area contributed by atoms with Gasteiger partial charge < -0.3 is 9.84 Å². The van der Waals surface area contributed by atoms with Gasteiger partial charge in [0, 0.05) is 36.1 Å². The Bertz CT molecular complexity index is 923. The molecule has 1 aliphatic heterocycles. The summed E-state index contributed by atoms with van der Waals surface area (Å²) in [6.07, 6.45) is 4.12. The number of likely N-dealkylation sites (N-methyl/N-ethyl adjacent to an activating group) is 1. The number of carbonyl (C=O) groups is 1. The fraction of sp³-hybridized carbons (Fsp3) is 0.300. The predicted molar refractivity (Wildman–Crippen MR) is 100.0 cm³/mol. The standard InChI is InChI=1S/C20H21N5O2/c1-13-3-5-15(6-4-13)19(26)22-16-11-17(25(2)12-16)20-23-18(24-27-20)14-7-9-21-10-8-14/h3-10,16-17H,11-12H2,1-2H3,(H,22,26). The topological polar surface area (TPSA) is 84.2 Å². The first-order valence-corrected chi connectivity index (χ1v) is 8.92. The Labute approximate surface area is 157 Å². The molecule has 2 atom stereocenters. The summed E-state index contributed by atoms with van der Waals surface area (Å²) in [6, 6.07) is 11.3. The summed E-state index contributed by atoms with van der Waals surface area (Å²) in [5.74, 6) is 1.06. The van der Waals surface area contributed by atoms with Gasteiger partial charge in [-0.15, -0.1) is 0 Å². The second kappa shape index (κ2) is 7.28. The molecule has 1 amide bonds. The van der Waals surface area contributed by atoms with E-state index in [4.69, 9.17) is 4.52 Å². The van der Waals surface area contributed by atoms with Crippen LogP contribution < -0.4 is 5.32 Å². The van der Waals surface area contributed by atoms with Crippen LogP contribution >= 0.6 is 0 Å².